The van der Waals surface area contributed by atoms with Gasteiger partial charge in [0.2, 0.25) is 10.0 Å². The van der Waals surface area contributed by atoms with Crippen LogP contribution in [0.25, 0.3) is 0 Å². The average molecular weight is 237 g/mol. The van der Waals surface area contributed by atoms with Crippen molar-refractivity contribution in [2.45, 2.75) is 11.3 Å². The van der Waals surface area contributed by atoms with Gasteiger partial charge in [-0.1, -0.05) is 6.08 Å². The predicted molar refractivity (Wildman–Crippen MR) is 59.0 cm³/mol. The fraction of sp³-hybridized carbons (Fsp3) is 0.200. The molecular weight excluding hydrogens is 226 g/mol. The number of pyridine rings is 1. The SMILES string of the molecule is C=CCCNS(=O)(=O)c1cccnc1C#N. The Morgan fingerprint density at radius 3 is 3.00 bits per heavy atom. The Balaban J connectivity index is 2.99. The standard InChI is InChI=1S/C10H11N3O2S/c1-2-3-7-13-16(14,15)10-5-4-6-12-9(10)8-11/h2,4-6,13H,1,3,7H2. The molecule has 0 spiro atoms. The van der Waals surface area contributed by atoms with Gasteiger partial charge in [-0.3, -0.25) is 0 Å². The molecule has 0 amide bonds. The zero-order chi connectivity index (χ0) is 12.0. The normalized spacial score (nSPS) is 10.7. The maximum absolute atomic E-state index is 11.8. The van der Waals surface area contributed by atoms with Gasteiger partial charge in [-0.2, -0.15) is 5.26 Å². The molecule has 84 valence electrons. The van der Waals surface area contributed by atoms with E-state index in [4.69, 9.17) is 5.26 Å². The second-order valence-electron chi connectivity index (χ2n) is 2.94. The van der Waals surface area contributed by atoms with Crippen molar-refractivity contribution in [3.8, 4) is 6.07 Å². The highest BCUT2D eigenvalue weighted by Gasteiger charge is 2.17. The number of sulfonamides is 1. The zero-order valence-corrected chi connectivity index (χ0v) is 9.37. The van der Waals surface area contributed by atoms with Gasteiger partial charge in [0.1, 0.15) is 11.0 Å². The van der Waals surface area contributed by atoms with Crippen molar-refractivity contribution >= 4 is 10.0 Å². The van der Waals surface area contributed by atoms with Crippen LogP contribution in [0.15, 0.2) is 35.9 Å². The molecule has 0 unspecified atom stereocenters. The first-order chi connectivity index (χ1) is 7.61. The molecule has 0 saturated carbocycles. The summed E-state index contributed by atoms with van der Waals surface area (Å²) in [6.45, 7) is 3.74. The van der Waals surface area contributed by atoms with Gasteiger partial charge in [0.05, 0.1) is 0 Å². The van der Waals surface area contributed by atoms with Crippen molar-refractivity contribution in [1.29, 1.82) is 5.26 Å². The highest BCUT2D eigenvalue weighted by atomic mass is 32.2. The second-order valence-corrected chi connectivity index (χ2v) is 4.67. The van der Waals surface area contributed by atoms with E-state index in [0.717, 1.165) is 0 Å². The molecule has 1 rings (SSSR count). The molecule has 0 aromatic carbocycles. The minimum Gasteiger partial charge on any atom is -0.244 e. The van der Waals surface area contributed by atoms with Gasteiger partial charge in [-0.05, 0) is 18.6 Å². The van der Waals surface area contributed by atoms with Gasteiger partial charge in [0.15, 0.2) is 5.69 Å². The molecule has 16 heavy (non-hydrogen) atoms. The second kappa shape index (κ2) is 5.39. The van der Waals surface area contributed by atoms with Crippen LogP contribution in [0.2, 0.25) is 0 Å². The summed E-state index contributed by atoms with van der Waals surface area (Å²) < 4.78 is 25.9. The molecule has 0 bridgehead atoms. The molecule has 1 heterocycles. The molecule has 0 aliphatic heterocycles. The topological polar surface area (TPSA) is 82.8 Å². The Bertz CT molecular complexity index is 517. The van der Waals surface area contributed by atoms with Gasteiger partial charge < -0.3 is 0 Å². The largest absolute Gasteiger partial charge is 0.244 e. The smallest absolute Gasteiger partial charge is 0.243 e. The van der Waals surface area contributed by atoms with E-state index in [1.165, 1.54) is 18.3 Å². The van der Waals surface area contributed by atoms with Crippen LogP contribution in [0.4, 0.5) is 0 Å². The molecule has 1 aromatic heterocycles. The van der Waals surface area contributed by atoms with Gasteiger partial charge in [-0.25, -0.2) is 18.1 Å². The van der Waals surface area contributed by atoms with Gasteiger partial charge in [0, 0.05) is 12.7 Å². The zero-order valence-electron chi connectivity index (χ0n) is 8.55. The molecule has 1 N–H and O–H groups in total. The van der Waals surface area contributed by atoms with Crippen molar-refractivity contribution in [3.63, 3.8) is 0 Å². The summed E-state index contributed by atoms with van der Waals surface area (Å²) in [4.78, 5) is 3.60. The summed E-state index contributed by atoms with van der Waals surface area (Å²) in [5, 5.41) is 8.73. The molecule has 0 aliphatic rings. The predicted octanol–water partition coefficient (Wildman–Crippen LogP) is 0.808. The summed E-state index contributed by atoms with van der Waals surface area (Å²) >= 11 is 0. The molecule has 0 saturated heterocycles. The van der Waals surface area contributed by atoms with Crippen LogP contribution in [0, 0.1) is 11.3 Å². The van der Waals surface area contributed by atoms with Crippen molar-refractivity contribution < 1.29 is 8.42 Å². The number of hydrogen-bond donors (Lipinski definition) is 1. The maximum Gasteiger partial charge on any atom is 0.243 e. The van der Waals surface area contributed by atoms with Crippen LogP contribution in [0.3, 0.4) is 0 Å². The van der Waals surface area contributed by atoms with Gasteiger partial charge in [0.25, 0.3) is 0 Å². The maximum atomic E-state index is 11.8. The first-order valence-corrected chi connectivity index (χ1v) is 6.06. The first kappa shape index (κ1) is 12.4. The number of nitrogens with one attached hydrogen (secondary N) is 1. The highest BCUT2D eigenvalue weighted by molar-refractivity contribution is 7.89. The van der Waals surface area contributed by atoms with E-state index in [1.807, 2.05) is 0 Å². The van der Waals surface area contributed by atoms with E-state index in [0.29, 0.717) is 6.42 Å². The fourth-order valence-electron chi connectivity index (χ4n) is 1.06. The lowest BCUT2D eigenvalue weighted by atomic mass is 10.4. The fourth-order valence-corrected chi connectivity index (χ4v) is 2.22. The summed E-state index contributed by atoms with van der Waals surface area (Å²) in [6.07, 6.45) is 3.51. The Morgan fingerprint density at radius 1 is 1.62 bits per heavy atom. The number of aromatic nitrogens is 1. The van der Waals surface area contributed by atoms with Crippen LogP contribution in [-0.4, -0.2) is 19.9 Å². The Hall–Kier alpha value is -1.71. The van der Waals surface area contributed by atoms with Crippen molar-refractivity contribution in [1.82, 2.24) is 9.71 Å². The molecule has 0 fully saturated rings. The molecule has 0 atom stereocenters. The van der Waals surface area contributed by atoms with Crippen molar-refractivity contribution in [3.05, 3.63) is 36.7 Å². The molecule has 0 aliphatic carbocycles. The lowest BCUT2D eigenvalue weighted by Gasteiger charge is -2.05. The molecular formula is C10H11N3O2S. The third-order valence-electron chi connectivity index (χ3n) is 1.81. The summed E-state index contributed by atoms with van der Waals surface area (Å²) in [5.74, 6) is 0. The van der Waals surface area contributed by atoms with E-state index in [-0.39, 0.29) is 17.1 Å². The van der Waals surface area contributed by atoms with Crippen molar-refractivity contribution in [2.75, 3.05) is 6.54 Å². The van der Waals surface area contributed by atoms with Crippen LogP contribution >= 0.6 is 0 Å². The van der Waals surface area contributed by atoms with E-state index < -0.39 is 10.0 Å². The first-order valence-electron chi connectivity index (χ1n) is 4.57. The van der Waals surface area contributed by atoms with Gasteiger partial charge in [-0.15, -0.1) is 6.58 Å². The van der Waals surface area contributed by atoms with E-state index in [1.54, 1.807) is 12.1 Å². The van der Waals surface area contributed by atoms with Gasteiger partial charge >= 0.3 is 0 Å². The third kappa shape index (κ3) is 2.89. The number of nitriles is 1. The van der Waals surface area contributed by atoms with Crippen molar-refractivity contribution in [2.24, 2.45) is 0 Å². The Morgan fingerprint density at radius 2 is 2.38 bits per heavy atom. The lowest BCUT2D eigenvalue weighted by Crippen LogP contribution is -2.25. The van der Waals surface area contributed by atoms with Crippen LogP contribution in [0.5, 0.6) is 0 Å². The summed E-state index contributed by atoms with van der Waals surface area (Å²) in [5.41, 5.74) is -0.103. The number of nitrogens with zero attached hydrogens (tertiary/aromatic N) is 2. The summed E-state index contributed by atoms with van der Waals surface area (Å²) in [7, 11) is -3.66. The molecule has 6 heteroatoms. The third-order valence-corrected chi connectivity index (χ3v) is 3.30. The monoisotopic (exact) mass is 237 g/mol. The highest BCUT2D eigenvalue weighted by Crippen LogP contribution is 2.11. The van der Waals surface area contributed by atoms with E-state index >= 15 is 0 Å². The lowest BCUT2D eigenvalue weighted by molar-refractivity contribution is 0.581. The van der Waals surface area contributed by atoms with E-state index in [9.17, 15) is 8.42 Å². The minimum atomic E-state index is -3.66. The molecule has 5 nitrogen and oxygen atoms in total. The quantitative estimate of drug-likeness (QED) is 0.606. The molecule has 0 radical (unpaired) electrons. The van der Waals surface area contributed by atoms with Crippen LogP contribution in [-0.2, 0) is 10.0 Å². The molecule has 1 aromatic rings. The number of hydrogen-bond acceptors (Lipinski definition) is 4. The Kier molecular flexibility index (Phi) is 4.17. The Labute approximate surface area is 94.5 Å². The number of rotatable bonds is 5. The van der Waals surface area contributed by atoms with Crippen LogP contribution in [0.1, 0.15) is 12.1 Å². The van der Waals surface area contributed by atoms with E-state index in [2.05, 4.69) is 16.3 Å². The minimum absolute atomic E-state index is 0.0958. The summed E-state index contributed by atoms with van der Waals surface area (Å²) in [6, 6.07) is 4.57. The van der Waals surface area contributed by atoms with Crippen LogP contribution < -0.4 is 4.72 Å². The average Bonchev–Trinajstić information content (AvgIpc) is 2.29.